The fourth-order valence-corrected chi connectivity index (χ4v) is 3.85. The summed E-state index contributed by atoms with van der Waals surface area (Å²) >= 11 is 0. The van der Waals surface area contributed by atoms with Crippen molar-refractivity contribution in [1.82, 2.24) is 10.2 Å². The van der Waals surface area contributed by atoms with Gasteiger partial charge in [-0.3, -0.25) is 4.79 Å². The van der Waals surface area contributed by atoms with Crippen molar-refractivity contribution in [3.63, 3.8) is 0 Å². The monoisotopic (exact) mass is 407 g/mol. The number of aliphatic hydroxyl groups is 1. The van der Waals surface area contributed by atoms with E-state index in [2.05, 4.69) is 10.2 Å². The van der Waals surface area contributed by atoms with Gasteiger partial charge in [0.15, 0.2) is 11.5 Å². The second-order valence-electron chi connectivity index (χ2n) is 7.77. The topological polar surface area (TPSA) is 106 Å². The molecule has 2 heterocycles. The maximum atomic E-state index is 12.8. The maximum Gasteiger partial charge on any atom is 0.255 e. The Balaban J connectivity index is 1.52. The zero-order valence-electron chi connectivity index (χ0n) is 17.2. The summed E-state index contributed by atoms with van der Waals surface area (Å²) in [7, 11) is 1.71. The molecule has 1 amide bonds. The molecule has 2 aliphatic heterocycles. The first kappa shape index (κ1) is 21.7. The number of unbranched alkanes of at least 4 members (excludes halogenated alkanes) is 1. The lowest BCUT2D eigenvalue weighted by molar-refractivity contribution is 0.0209. The van der Waals surface area contributed by atoms with E-state index >= 15 is 0 Å². The largest absolute Gasteiger partial charge is 0.489 e. The molecule has 0 aliphatic carbocycles. The standard InChI is InChI=1S/C21H33N3O5/c1-27-8-3-2-6-24-7-5-15(18(25)14-24)13-23-21(26)17-11-16(22)12-19-20(17)29-10-4-9-28-19/h11-12,15,18,25H,2-10,13-14,22H2,1H3,(H,23,26)/t15-,18?/m0/s1. The lowest BCUT2D eigenvalue weighted by Crippen LogP contribution is -2.47. The fourth-order valence-electron chi connectivity index (χ4n) is 3.85. The van der Waals surface area contributed by atoms with Crippen LogP contribution in [0.4, 0.5) is 5.69 Å². The number of anilines is 1. The van der Waals surface area contributed by atoms with Crippen LogP contribution >= 0.6 is 0 Å². The number of rotatable bonds is 8. The van der Waals surface area contributed by atoms with Crippen LogP contribution in [0.3, 0.4) is 0 Å². The van der Waals surface area contributed by atoms with Gasteiger partial charge in [0.2, 0.25) is 0 Å². The van der Waals surface area contributed by atoms with Crippen LogP contribution in [0.2, 0.25) is 0 Å². The van der Waals surface area contributed by atoms with Crippen molar-refractivity contribution in [1.29, 1.82) is 0 Å². The molecule has 0 bridgehead atoms. The number of aliphatic hydroxyl groups excluding tert-OH is 1. The highest BCUT2D eigenvalue weighted by Crippen LogP contribution is 2.35. The zero-order chi connectivity index (χ0) is 20.6. The Morgan fingerprint density at radius 1 is 1.34 bits per heavy atom. The fraction of sp³-hybridized carbons (Fsp3) is 0.667. The summed E-state index contributed by atoms with van der Waals surface area (Å²) in [6.45, 7) is 4.75. The number of piperidine rings is 1. The maximum absolute atomic E-state index is 12.8. The van der Waals surface area contributed by atoms with Gasteiger partial charge in [-0.2, -0.15) is 0 Å². The number of methoxy groups -OCH3 is 1. The Labute approximate surface area is 172 Å². The third kappa shape index (κ3) is 5.98. The van der Waals surface area contributed by atoms with Gasteiger partial charge in [0.1, 0.15) is 0 Å². The number of likely N-dealkylation sites (tertiary alicyclic amines) is 1. The highest BCUT2D eigenvalue weighted by atomic mass is 16.5. The highest BCUT2D eigenvalue weighted by Gasteiger charge is 2.28. The molecule has 1 fully saturated rings. The molecule has 0 saturated carbocycles. The lowest BCUT2D eigenvalue weighted by Gasteiger charge is -2.36. The van der Waals surface area contributed by atoms with Gasteiger partial charge in [-0.05, 0) is 38.4 Å². The number of nitrogens with two attached hydrogens (primary N) is 1. The number of benzene rings is 1. The van der Waals surface area contributed by atoms with Crippen molar-refractivity contribution in [3.05, 3.63) is 17.7 Å². The minimum Gasteiger partial charge on any atom is -0.489 e. The first-order chi connectivity index (χ1) is 14.1. The zero-order valence-corrected chi connectivity index (χ0v) is 17.2. The number of nitrogen functional groups attached to an aromatic ring is 1. The van der Waals surface area contributed by atoms with Crippen LogP contribution in [-0.4, -0.2) is 75.1 Å². The normalized spacial score (nSPS) is 22.1. The number of carbonyl (C=O) groups excluding carboxylic acids is 1. The number of hydrogen-bond donors (Lipinski definition) is 3. The first-order valence-electron chi connectivity index (χ1n) is 10.4. The molecule has 3 rings (SSSR count). The van der Waals surface area contributed by atoms with Crippen LogP contribution in [-0.2, 0) is 4.74 Å². The van der Waals surface area contributed by atoms with Crippen molar-refractivity contribution in [2.45, 2.75) is 31.8 Å². The number of amides is 1. The molecule has 162 valence electrons. The number of fused-ring (bicyclic) bond motifs is 1. The highest BCUT2D eigenvalue weighted by molar-refractivity contribution is 5.98. The van der Waals surface area contributed by atoms with Crippen LogP contribution in [0.1, 0.15) is 36.0 Å². The molecule has 4 N–H and O–H groups in total. The summed E-state index contributed by atoms with van der Waals surface area (Å²) in [6.07, 6.45) is 3.24. The van der Waals surface area contributed by atoms with E-state index in [0.717, 1.165) is 45.4 Å². The minimum atomic E-state index is -0.455. The van der Waals surface area contributed by atoms with Crippen LogP contribution in [0.15, 0.2) is 12.1 Å². The number of nitrogens with zero attached hydrogens (tertiary/aromatic N) is 1. The van der Waals surface area contributed by atoms with Crippen molar-refractivity contribution < 1.29 is 24.1 Å². The Bertz CT molecular complexity index is 685. The molecule has 8 heteroatoms. The average molecular weight is 408 g/mol. The van der Waals surface area contributed by atoms with Gasteiger partial charge in [0.25, 0.3) is 5.91 Å². The van der Waals surface area contributed by atoms with E-state index in [1.807, 2.05) is 0 Å². The van der Waals surface area contributed by atoms with Gasteiger partial charge < -0.3 is 35.3 Å². The molecule has 1 aromatic carbocycles. The second-order valence-corrected chi connectivity index (χ2v) is 7.77. The van der Waals surface area contributed by atoms with E-state index in [1.165, 1.54) is 0 Å². The van der Waals surface area contributed by atoms with Crippen molar-refractivity contribution in [2.24, 2.45) is 5.92 Å². The number of hydrogen-bond acceptors (Lipinski definition) is 7. The molecule has 1 unspecified atom stereocenters. The van der Waals surface area contributed by atoms with E-state index in [1.54, 1.807) is 19.2 Å². The minimum absolute atomic E-state index is 0.0333. The third-order valence-corrected chi connectivity index (χ3v) is 5.52. The predicted octanol–water partition coefficient (Wildman–Crippen LogP) is 1.27. The Kier molecular flexibility index (Phi) is 7.97. The summed E-state index contributed by atoms with van der Waals surface area (Å²) in [4.78, 5) is 15.1. The molecule has 0 radical (unpaired) electrons. The summed E-state index contributed by atoms with van der Waals surface area (Å²) in [5, 5.41) is 13.5. The summed E-state index contributed by atoms with van der Waals surface area (Å²) in [5.41, 5.74) is 6.78. The molecule has 0 spiro atoms. The molecule has 1 saturated heterocycles. The molecule has 1 aromatic rings. The van der Waals surface area contributed by atoms with E-state index < -0.39 is 6.10 Å². The molecular formula is C21H33N3O5. The first-order valence-corrected chi connectivity index (χ1v) is 10.4. The van der Waals surface area contributed by atoms with E-state index in [-0.39, 0.29) is 11.8 Å². The molecule has 29 heavy (non-hydrogen) atoms. The number of β-amino-alcohol motifs (C(OH)–C–C–N with tert-alkyl or cyclic N) is 1. The molecule has 2 aliphatic rings. The van der Waals surface area contributed by atoms with E-state index in [0.29, 0.717) is 49.1 Å². The summed E-state index contributed by atoms with van der Waals surface area (Å²) in [5.74, 6) is 0.731. The summed E-state index contributed by atoms with van der Waals surface area (Å²) in [6, 6.07) is 3.30. The van der Waals surface area contributed by atoms with Crippen LogP contribution in [0, 0.1) is 5.92 Å². The lowest BCUT2D eigenvalue weighted by atomic mass is 9.93. The van der Waals surface area contributed by atoms with Crippen LogP contribution in [0.5, 0.6) is 11.5 Å². The second kappa shape index (κ2) is 10.7. The Hall–Kier alpha value is -2.03. The van der Waals surface area contributed by atoms with Crippen molar-refractivity contribution >= 4 is 11.6 Å². The Morgan fingerprint density at radius 2 is 2.17 bits per heavy atom. The van der Waals surface area contributed by atoms with Gasteiger partial charge in [0, 0.05) is 50.9 Å². The predicted molar refractivity (Wildman–Crippen MR) is 110 cm³/mol. The van der Waals surface area contributed by atoms with Gasteiger partial charge in [0.05, 0.1) is 24.9 Å². The van der Waals surface area contributed by atoms with Crippen LogP contribution < -0.4 is 20.5 Å². The van der Waals surface area contributed by atoms with Gasteiger partial charge in [-0.25, -0.2) is 0 Å². The Morgan fingerprint density at radius 3 is 2.97 bits per heavy atom. The van der Waals surface area contributed by atoms with Crippen molar-refractivity contribution in [3.8, 4) is 11.5 Å². The molecule has 0 aromatic heterocycles. The summed E-state index contributed by atoms with van der Waals surface area (Å²) < 4.78 is 16.5. The SMILES string of the molecule is COCCCCN1CC[C@@H](CNC(=O)c2cc(N)cc3c2OCCCO3)C(O)C1. The van der Waals surface area contributed by atoms with Gasteiger partial charge >= 0.3 is 0 Å². The molecular weight excluding hydrogens is 374 g/mol. The smallest absolute Gasteiger partial charge is 0.255 e. The average Bonchev–Trinajstić information content (AvgIpc) is 2.95. The van der Waals surface area contributed by atoms with Crippen molar-refractivity contribution in [2.75, 3.05) is 58.8 Å². The molecule has 2 atom stereocenters. The van der Waals surface area contributed by atoms with E-state index in [9.17, 15) is 9.90 Å². The van der Waals surface area contributed by atoms with Crippen LogP contribution in [0.25, 0.3) is 0 Å². The number of ether oxygens (including phenoxy) is 3. The van der Waals surface area contributed by atoms with Gasteiger partial charge in [-0.15, -0.1) is 0 Å². The quantitative estimate of drug-likeness (QED) is 0.440. The molecule has 8 nitrogen and oxygen atoms in total. The number of carbonyl (C=O) groups is 1. The van der Waals surface area contributed by atoms with E-state index in [4.69, 9.17) is 19.9 Å². The third-order valence-electron chi connectivity index (χ3n) is 5.52. The number of nitrogens with one attached hydrogen (secondary N) is 1. The van der Waals surface area contributed by atoms with Gasteiger partial charge in [-0.1, -0.05) is 0 Å².